The van der Waals surface area contributed by atoms with Gasteiger partial charge in [-0.3, -0.25) is 0 Å². The Kier molecular flexibility index (Phi) is 4.66. The van der Waals surface area contributed by atoms with E-state index in [0.29, 0.717) is 0 Å². The van der Waals surface area contributed by atoms with Crippen LogP contribution in [0.5, 0.6) is 0 Å². The van der Waals surface area contributed by atoms with Crippen LogP contribution in [0.2, 0.25) is 0 Å². The second-order valence-corrected chi connectivity index (χ2v) is 3.34. The third kappa shape index (κ3) is 2.69. The Labute approximate surface area is 85.1 Å². The molecule has 0 aliphatic rings. The van der Waals surface area contributed by atoms with Gasteiger partial charge in [-0.15, -0.1) is 0 Å². The number of hydrogen-bond donors (Lipinski definition) is 0. The van der Waals surface area contributed by atoms with E-state index in [-0.39, 0.29) is 27.3 Å². The van der Waals surface area contributed by atoms with Crippen LogP contribution in [0.4, 0.5) is 4.53 Å². The molecule has 70 valence electrons. The molecule has 0 aliphatic carbocycles. The van der Waals surface area contributed by atoms with Gasteiger partial charge in [0, 0.05) is 0 Å². The second kappa shape index (κ2) is 4.74. The number of halogens is 1. The quantitative estimate of drug-likeness (QED) is 0.768. The summed E-state index contributed by atoms with van der Waals surface area (Å²) in [4.78, 5) is -0.192. The Morgan fingerprint density at radius 1 is 1.17 bits per heavy atom. The van der Waals surface area contributed by atoms with E-state index < -0.39 is 10.1 Å². The average Bonchev–Trinajstić information content (AvgIpc) is 2.06. The molecule has 1 rings (SSSR count). The molecule has 0 heterocycles. The zero-order valence-corrected chi connectivity index (χ0v) is 8.00. The van der Waals surface area contributed by atoms with E-state index in [4.69, 9.17) is 0 Å². The molecule has 12 heavy (non-hydrogen) atoms. The summed E-state index contributed by atoms with van der Waals surface area (Å²) in [5.74, 6) is 0. The van der Waals surface area contributed by atoms with Crippen LogP contribution in [0.25, 0.3) is 0 Å². The largest absolute Gasteiger partial charge is 1.00 e. The third-order valence-electron chi connectivity index (χ3n) is 1.11. The van der Waals surface area contributed by atoms with Crippen molar-refractivity contribution < 1.29 is 39.7 Å². The van der Waals surface area contributed by atoms with Crippen LogP contribution in [0.3, 0.4) is 0 Å². The topological polar surface area (TPSA) is 43.4 Å². The van der Waals surface area contributed by atoms with Crippen molar-refractivity contribution in [1.82, 2.24) is 0 Å². The first-order valence-electron chi connectivity index (χ1n) is 2.77. The first-order valence-corrected chi connectivity index (χ1v) is 4.18. The molecule has 0 aliphatic heterocycles. The predicted octanol–water partition coefficient (Wildman–Crippen LogP) is 1.27. The first kappa shape index (κ1) is 11.8. The maximum Gasteiger partial charge on any atom is 1.00 e. The molecule has 0 N–H and O–H groups in total. The predicted molar refractivity (Wildman–Crippen MR) is 35.8 cm³/mol. The fourth-order valence-corrected chi connectivity index (χ4v) is 1.19. The first-order chi connectivity index (χ1) is 5.17. The van der Waals surface area contributed by atoms with E-state index in [9.17, 15) is 12.9 Å². The molecule has 0 aromatic heterocycles. The summed E-state index contributed by atoms with van der Waals surface area (Å²) in [5.41, 5.74) is 0. The summed E-state index contributed by atoms with van der Waals surface area (Å²) < 4.78 is 35.4. The standard InChI is InChI=1S/C6H5FO3S.Ag/c7-10-11(8,9)6-4-2-1-3-5-6;/h1-5H;/q;+1. The zero-order valence-electron chi connectivity index (χ0n) is 5.70. The SMILES string of the molecule is O=S(=O)(OF)c1ccccc1.[Ag+]. The van der Waals surface area contributed by atoms with Gasteiger partial charge < -0.3 is 0 Å². The van der Waals surface area contributed by atoms with Crippen molar-refractivity contribution in [1.29, 1.82) is 0 Å². The van der Waals surface area contributed by atoms with E-state index >= 15 is 0 Å². The van der Waals surface area contributed by atoms with Crippen LogP contribution in [0.15, 0.2) is 35.2 Å². The van der Waals surface area contributed by atoms with Crippen LogP contribution < -0.4 is 0 Å². The van der Waals surface area contributed by atoms with Crippen molar-refractivity contribution in [3.63, 3.8) is 0 Å². The minimum absolute atomic E-state index is 0. The molecule has 0 amide bonds. The Bertz CT molecular complexity index is 324. The van der Waals surface area contributed by atoms with Gasteiger partial charge in [0.1, 0.15) is 0 Å². The van der Waals surface area contributed by atoms with Crippen molar-refractivity contribution in [2.75, 3.05) is 0 Å². The number of hydrogen-bond acceptors (Lipinski definition) is 3. The van der Waals surface area contributed by atoms with Gasteiger partial charge in [-0.25, -0.2) is 0 Å². The van der Waals surface area contributed by atoms with Crippen molar-refractivity contribution in [3.05, 3.63) is 30.3 Å². The summed E-state index contributed by atoms with van der Waals surface area (Å²) >= 11 is 0. The van der Waals surface area contributed by atoms with Crippen LogP contribution in [0.1, 0.15) is 0 Å². The molecule has 0 bridgehead atoms. The van der Waals surface area contributed by atoms with Crippen LogP contribution in [0, 0.1) is 0 Å². The van der Waals surface area contributed by atoms with Crippen molar-refractivity contribution in [3.8, 4) is 0 Å². The van der Waals surface area contributed by atoms with E-state index in [2.05, 4.69) is 4.39 Å². The Balaban J connectivity index is 0.00000121. The monoisotopic (exact) mass is 283 g/mol. The van der Waals surface area contributed by atoms with E-state index in [1.54, 1.807) is 6.07 Å². The van der Waals surface area contributed by atoms with E-state index in [1.165, 1.54) is 24.3 Å². The molecular weight excluding hydrogens is 279 g/mol. The Hall–Kier alpha value is -0.200. The second-order valence-electron chi connectivity index (χ2n) is 1.83. The van der Waals surface area contributed by atoms with Gasteiger partial charge in [0.2, 0.25) is 0 Å². The van der Waals surface area contributed by atoms with Crippen LogP contribution in [-0.4, -0.2) is 8.42 Å². The maximum absolute atomic E-state index is 11.4. The minimum Gasteiger partial charge on any atom is -0.191 e. The zero-order chi connectivity index (χ0) is 8.32. The molecule has 0 saturated heterocycles. The number of benzene rings is 1. The Morgan fingerprint density at radius 2 is 1.67 bits per heavy atom. The molecule has 0 unspecified atom stereocenters. The molecule has 0 spiro atoms. The van der Waals surface area contributed by atoms with Gasteiger partial charge in [-0.2, -0.15) is 8.42 Å². The van der Waals surface area contributed by atoms with E-state index in [1.807, 2.05) is 0 Å². The van der Waals surface area contributed by atoms with Crippen molar-refractivity contribution >= 4 is 10.1 Å². The minimum atomic E-state index is -4.16. The van der Waals surface area contributed by atoms with Gasteiger partial charge >= 0.3 is 32.5 Å². The van der Waals surface area contributed by atoms with Crippen LogP contribution >= 0.6 is 0 Å². The smallest absolute Gasteiger partial charge is 0.191 e. The van der Waals surface area contributed by atoms with Gasteiger partial charge in [0.15, 0.2) is 0 Å². The van der Waals surface area contributed by atoms with Gasteiger partial charge in [0.05, 0.1) is 4.90 Å². The average molecular weight is 284 g/mol. The molecule has 0 atom stereocenters. The summed E-state index contributed by atoms with van der Waals surface area (Å²) in [5, 5.41) is 0. The molecular formula is C6H5AgFO3S+. The van der Waals surface area contributed by atoms with Gasteiger partial charge in [-0.05, 0) is 16.7 Å². The molecule has 1 aromatic carbocycles. The van der Waals surface area contributed by atoms with Crippen molar-refractivity contribution in [2.24, 2.45) is 0 Å². The molecule has 0 fully saturated rings. The summed E-state index contributed by atoms with van der Waals surface area (Å²) in [6.45, 7) is 0. The Morgan fingerprint density at radius 3 is 2.08 bits per heavy atom. The van der Waals surface area contributed by atoms with Crippen molar-refractivity contribution in [2.45, 2.75) is 4.90 Å². The summed E-state index contributed by atoms with van der Waals surface area (Å²) in [6.07, 6.45) is 0. The normalized spacial score (nSPS) is 10.4. The summed E-state index contributed by atoms with van der Waals surface area (Å²) in [7, 11) is -4.16. The fraction of sp³-hybridized carbons (Fsp3) is 0. The number of rotatable bonds is 2. The molecule has 1 aromatic rings. The molecule has 6 heteroatoms. The van der Waals surface area contributed by atoms with Gasteiger partial charge in [-0.1, -0.05) is 22.6 Å². The fourth-order valence-electron chi connectivity index (χ4n) is 0.624. The summed E-state index contributed by atoms with van der Waals surface area (Å²) in [6, 6.07) is 7.07. The molecule has 0 radical (unpaired) electrons. The third-order valence-corrected chi connectivity index (χ3v) is 2.13. The maximum atomic E-state index is 11.4. The van der Waals surface area contributed by atoms with Gasteiger partial charge in [0.25, 0.3) is 0 Å². The molecule has 0 saturated carbocycles. The van der Waals surface area contributed by atoms with Crippen LogP contribution in [-0.2, 0) is 36.9 Å². The van der Waals surface area contributed by atoms with E-state index in [0.717, 1.165) is 0 Å². The molecule has 3 nitrogen and oxygen atoms in total.